The second-order valence-electron chi connectivity index (χ2n) is 21.6. The van der Waals surface area contributed by atoms with Crippen LogP contribution in [0.3, 0.4) is 0 Å². The molecule has 0 saturated heterocycles. The second-order valence-corrected chi connectivity index (χ2v) is 21.6. The molecule has 0 atom stereocenters. The van der Waals surface area contributed by atoms with Crippen molar-refractivity contribution in [2.24, 2.45) is 0 Å². The number of ether oxygens (including phenoxy) is 1. The van der Waals surface area contributed by atoms with Crippen molar-refractivity contribution in [2.45, 2.75) is 90.9 Å². The van der Waals surface area contributed by atoms with Gasteiger partial charge in [0.25, 0.3) is 0 Å². The van der Waals surface area contributed by atoms with Gasteiger partial charge in [0.15, 0.2) is 0 Å². The zero-order valence-electron chi connectivity index (χ0n) is 41.9. The Morgan fingerprint density at radius 3 is 1.74 bits per heavy atom. The van der Waals surface area contributed by atoms with E-state index in [4.69, 9.17) is 9.72 Å². The summed E-state index contributed by atoms with van der Waals surface area (Å²) in [5, 5.41) is 2.22. The summed E-state index contributed by atoms with van der Waals surface area (Å²) >= 11 is 0. The monoisotopic (exact) mass is 1100 g/mol. The Labute approximate surface area is 429 Å². The molecule has 0 unspecified atom stereocenters. The fraction of sp³-hybridized carbons (Fsp3) is 0.219. The van der Waals surface area contributed by atoms with Gasteiger partial charge in [-0.05, 0) is 97.9 Å². The summed E-state index contributed by atoms with van der Waals surface area (Å²) in [6.45, 7) is 24.9. The summed E-state index contributed by atoms with van der Waals surface area (Å²) < 4.78 is 9.12. The molecular formula is C64H61N4OPt-3. The maximum atomic E-state index is 6.89. The van der Waals surface area contributed by atoms with Crippen LogP contribution in [0.5, 0.6) is 11.5 Å². The third-order valence-corrected chi connectivity index (χ3v) is 14.1. The van der Waals surface area contributed by atoms with Crippen LogP contribution in [0.25, 0.3) is 38.8 Å². The first-order chi connectivity index (χ1) is 32.9. The predicted octanol–water partition coefficient (Wildman–Crippen LogP) is 16.4. The van der Waals surface area contributed by atoms with Crippen LogP contribution in [-0.2, 0) is 42.7 Å². The molecule has 0 saturated carbocycles. The van der Waals surface area contributed by atoms with Crippen LogP contribution in [0.2, 0.25) is 0 Å². The third-order valence-electron chi connectivity index (χ3n) is 14.1. The molecule has 1 aliphatic heterocycles. The van der Waals surface area contributed by atoms with Crippen molar-refractivity contribution in [3.63, 3.8) is 0 Å². The van der Waals surface area contributed by atoms with Crippen LogP contribution in [-0.4, -0.2) is 9.55 Å². The van der Waals surface area contributed by atoms with Crippen LogP contribution >= 0.6 is 0 Å². The maximum absolute atomic E-state index is 6.89. The van der Waals surface area contributed by atoms with Gasteiger partial charge in [0.2, 0.25) is 0 Å². The van der Waals surface area contributed by atoms with Gasteiger partial charge in [0.1, 0.15) is 5.82 Å². The molecule has 0 bridgehead atoms. The number of pyridine rings is 1. The van der Waals surface area contributed by atoms with E-state index < -0.39 is 0 Å². The van der Waals surface area contributed by atoms with Gasteiger partial charge in [-0.15, -0.1) is 53.6 Å². The Hall–Kier alpha value is -6.68. The minimum atomic E-state index is -0.212. The van der Waals surface area contributed by atoms with Crippen LogP contribution < -0.4 is 14.5 Å². The minimum Gasteiger partial charge on any atom is -0.509 e. The summed E-state index contributed by atoms with van der Waals surface area (Å²) in [6, 6.07) is 66.0. The standard InChI is InChI=1S/C64H61N4O.Pt/c1-61(2,3)48-30-31-65-60(40-48)68-58-29-26-49(63(7,8)46-22-16-12-17-23-46)39-57(58)56-28-27-54(42-59(56)68)69-55-35-45(44-20-14-11-15-21-44)34-52(41-55)66-32-33-67(43-66)53-37-50(62(4,5)6)36-51(38-53)64(9,10)47-24-18-13-19-25-47;/h11-40,43H,1-10H3;/q-3;. The number of hydrogen-bond acceptors (Lipinski definition) is 4. The van der Waals surface area contributed by atoms with Gasteiger partial charge in [-0.2, -0.15) is 6.07 Å². The van der Waals surface area contributed by atoms with E-state index in [0.717, 1.165) is 50.1 Å². The number of benzene rings is 7. The van der Waals surface area contributed by atoms with Crippen LogP contribution in [0.4, 0.5) is 11.4 Å². The Morgan fingerprint density at radius 1 is 0.471 bits per heavy atom. The molecule has 7 aromatic carbocycles. The Kier molecular flexibility index (Phi) is 12.8. The second kappa shape index (κ2) is 18.6. The number of hydrogen-bond donors (Lipinski definition) is 0. The molecule has 2 aromatic heterocycles. The fourth-order valence-corrected chi connectivity index (χ4v) is 9.50. The Morgan fingerprint density at radius 2 is 1.09 bits per heavy atom. The molecule has 6 heteroatoms. The molecule has 0 aliphatic carbocycles. The summed E-state index contributed by atoms with van der Waals surface area (Å²) in [7, 11) is 0. The van der Waals surface area contributed by atoms with E-state index in [0.29, 0.717) is 11.5 Å². The van der Waals surface area contributed by atoms with Crippen LogP contribution in [0.15, 0.2) is 182 Å². The van der Waals surface area contributed by atoms with Gasteiger partial charge < -0.3 is 19.1 Å². The Bertz CT molecular complexity index is 3360. The van der Waals surface area contributed by atoms with Gasteiger partial charge in [-0.1, -0.05) is 184 Å². The predicted molar refractivity (Wildman–Crippen MR) is 288 cm³/mol. The quantitative estimate of drug-likeness (QED) is 0.128. The van der Waals surface area contributed by atoms with E-state index in [1.807, 2.05) is 18.3 Å². The van der Waals surface area contributed by atoms with Gasteiger partial charge in [-0.25, -0.2) is 4.98 Å². The largest absolute Gasteiger partial charge is 0.509 e. The van der Waals surface area contributed by atoms with Crippen molar-refractivity contribution < 1.29 is 25.8 Å². The molecule has 5 nitrogen and oxygen atoms in total. The SMILES string of the molecule is CC(C)(C)c1cc(N2C=CN(c3[c-]c(Oc4[c-]c5c(cc4)c4cc(C(C)(C)c6ccccc6)ccc4n5-c4cc(C(C)(C)C)ccn4)cc(-c4ccccc4)c3)[CH-]2)cc(C(C)(C)c2ccccc2)c1.[Pt]. The molecule has 3 heterocycles. The molecule has 0 N–H and O–H groups in total. The van der Waals surface area contributed by atoms with Gasteiger partial charge in [0, 0.05) is 60.8 Å². The van der Waals surface area contributed by atoms with Crippen molar-refractivity contribution in [1.29, 1.82) is 0 Å². The first-order valence-corrected chi connectivity index (χ1v) is 24.1. The van der Waals surface area contributed by atoms with Crippen LogP contribution in [0.1, 0.15) is 103 Å². The third kappa shape index (κ3) is 9.37. The number of aromatic nitrogens is 2. The normalized spacial score (nSPS) is 13.3. The van der Waals surface area contributed by atoms with E-state index in [-0.39, 0.29) is 42.7 Å². The minimum absolute atomic E-state index is 0. The van der Waals surface area contributed by atoms with Crippen molar-refractivity contribution in [2.75, 3.05) is 9.80 Å². The number of fused-ring (bicyclic) bond motifs is 3. The van der Waals surface area contributed by atoms with Crippen molar-refractivity contribution >= 4 is 33.2 Å². The average molecular weight is 1100 g/mol. The molecule has 10 rings (SSSR count). The van der Waals surface area contributed by atoms with E-state index in [1.165, 1.54) is 33.4 Å². The molecule has 9 aromatic rings. The van der Waals surface area contributed by atoms with E-state index >= 15 is 0 Å². The smallest absolute Gasteiger partial charge is 0.135 e. The molecule has 0 fully saturated rings. The molecule has 1 aliphatic rings. The summed E-state index contributed by atoms with van der Waals surface area (Å²) in [4.78, 5) is 9.31. The fourth-order valence-electron chi connectivity index (χ4n) is 9.50. The van der Waals surface area contributed by atoms with Crippen molar-refractivity contribution in [1.82, 2.24) is 9.55 Å². The van der Waals surface area contributed by atoms with Crippen LogP contribution in [0, 0.1) is 18.8 Å². The zero-order valence-corrected chi connectivity index (χ0v) is 44.2. The topological polar surface area (TPSA) is 33.5 Å². The van der Waals surface area contributed by atoms with E-state index in [9.17, 15) is 0 Å². The summed E-state index contributed by atoms with van der Waals surface area (Å²) in [5.41, 5.74) is 13.1. The van der Waals surface area contributed by atoms with Gasteiger partial charge in [0.05, 0.1) is 0 Å². The number of nitrogens with zero attached hydrogens (tertiary/aromatic N) is 4. The average Bonchev–Trinajstić information content (AvgIpc) is 3.98. The summed E-state index contributed by atoms with van der Waals surface area (Å²) in [6.07, 6.45) is 6.14. The van der Waals surface area contributed by atoms with E-state index in [2.05, 4.69) is 266 Å². The van der Waals surface area contributed by atoms with Gasteiger partial charge in [-0.3, -0.25) is 0 Å². The first kappa shape index (κ1) is 48.3. The molecule has 70 heavy (non-hydrogen) atoms. The zero-order chi connectivity index (χ0) is 48.3. The summed E-state index contributed by atoms with van der Waals surface area (Å²) in [5.74, 6) is 2.02. The number of anilines is 2. The van der Waals surface area contributed by atoms with Crippen molar-refractivity contribution in [3.05, 3.63) is 235 Å². The van der Waals surface area contributed by atoms with Gasteiger partial charge >= 0.3 is 0 Å². The molecular weight excluding hydrogens is 1040 g/mol. The number of rotatable bonds is 10. The maximum Gasteiger partial charge on any atom is 0.135 e. The molecule has 0 radical (unpaired) electrons. The molecule has 356 valence electrons. The van der Waals surface area contributed by atoms with Crippen molar-refractivity contribution in [3.8, 4) is 28.4 Å². The Balaban J connectivity index is 0.00000608. The van der Waals surface area contributed by atoms with E-state index in [1.54, 1.807) is 0 Å². The molecule has 0 spiro atoms. The first-order valence-electron chi connectivity index (χ1n) is 24.1. The molecule has 0 amide bonds.